The van der Waals surface area contributed by atoms with E-state index in [1.54, 1.807) is 25.3 Å². The normalized spacial score (nSPS) is 12.9. The molecule has 6 heteroatoms. The van der Waals surface area contributed by atoms with Crippen LogP contribution in [0, 0.1) is 17.4 Å². The van der Waals surface area contributed by atoms with Gasteiger partial charge >= 0.3 is 0 Å². The molecule has 1 N–H and O–H groups in total. The Kier molecular flexibility index (Phi) is 5.70. The van der Waals surface area contributed by atoms with Gasteiger partial charge in [0.1, 0.15) is 5.75 Å². The molecule has 0 amide bonds. The van der Waals surface area contributed by atoms with E-state index in [-0.39, 0.29) is 10.9 Å². The van der Waals surface area contributed by atoms with Crippen LogP contribution in [0.3, 0.4) is 0 Å². The van der Waals surface area contributed by atoms with Crippen LogP contribution in [-0.4, -0.2) is 15.5 Å². The number of benzene rings is 2. The zero-order chi connectivity index (χ0) is 17.2. The molecule has 0 heterocycles. The van der Waals surface area contributed by atoms with Gasteiger partial charge in [-0.05, 0) is 72.7 Å². The predicted octanol–water partition coefficient (Wildman–Crippen LogP) is 3.96. The molecule has 0 spiro atoms. The standard InChI is InChI=1S/C17H20INO3S/c1-11-5-7-15(12(2)9-11)13(3)19-23(20,21)14-6-8-17(22-4)16(18)10-14/h5-10,13,19H,1-4H3. The van der Waals surface area contributed by atoms with Crippen LogP contribution in [0.2, 0.25) is 0 Å². The molecule has 23 heavy (non-hydrogen) atoms. The molecule has 2 aromatic rings. The largest absolute Gasteiger partial charge is 0.496 e. The lowest BCUT2D eigenvalue weighted by molar-refractivity contribution is 0.411. The molecule has 0 aliphatic carbocycles. The van der Waals surface area contributed by atoms with Gasteiger partial charge in [0.15, 0.2) is 0 Å². The first kappa shape index (κ1) is 18.2. The Bertz CT molecular complexity index is 819. The Morgan fingerprint density at radius 3 is 2.39 bits per heavy atom. The van der Waals surface area contributed by atoms with E-state index in [1.807, 2.05) is 32.9 Å². The van der Waals surface area contributed by atoms with E-state index in [4.69, 9.17) is 4.74 Å². The number of rotatable bonds is 5. The van der Waals surface area contributed by atoms with Crippen molar-refractivity contribution >= 4 is 32.6 Å². The average molecular weight is 445 g/mol. The second-order valence-corrected chi connectivity index (χ2v) is 8.38. The number of sulfonamides is 1. The summed E-state index contributed by atoms with van der Waals surface area (Å²) in [6.45, 7) is 5.86. The zero-order valence-corrected chi connectivity index (χ0v) is 16.5. The van der Waals surface area contributed by atoms with Crippen LogP contribution in [0.15, 0.2) is 41.3 Å². The summed E-state index contributed by atoms with van der Waals surface area (Å²) in [7, 11) is -2.03. The Morgan fingerprint density at radius 2 is 1.83 bits per heavy atom. The van der Waals surface area contributed by atoms with Crippen LogP contribution >= 0.6 is 22.6 Å². The summed E-state index contributed by atoms with van der Waals surface area (Å²) in [4.78, 5) is 0.235. The molecule has 124 valence electrons. The van der Waals surface area contributed by atoms with Crippen LogP contribution < -0.4 is 9.46 Å². The number of methoxy groups -OCH3 is 1. The maximum Gasteiger partial charge on any atom is 0.241 e. The van der Waals surface area contributed by atoms with Crippen LogP contribution in [0.1, 0.15) is 29.7 Å². The van der Waals surface area contributed by atoms with Crippen LogP contribution in [0.25, 0.3) is 0 Å². The SMILES string of the molecule is COc1ccc(S(=O)(=O)NC(C)c2ccc(C)cc2C)cc1I. The van der Waals surface area contributed by atoms with Crippen LogP contribution in [-0.2, 0) is 10.0 Å². The second-order valence-electron chi connectivity index (χ2n) is 5.50. The smallest absolute Gasteiger partial charge is 0.241 e. The maximum absolute atomic E-state index is 12.6. The van der Waals surface area contributed by atoms with Gasteiger partial charge in [0.05, 0.1) is 15.6 Å². The fraction of sp³-hybridized carbons (Fsp3) is 0.294. The lowest BCUT2D eigenvalue weighted by Crippen LogP contribution is -2.27. The van der Waals surface area contributed by atoms with Gasteiger partial charge in [-0.25, -0.2) is 13.1 Å². The number of aryl methyl sites for hydroxylation is 2. The van der Waals surface area contributed by atoms with Crippen LogP contribution in [0.4, 0.5) is 0 Å². The van der Waals surface area contributed by atoms with Gasteiger partial charge in [-0.3, -0.25) is 0 Å². The Morgan fingerprint density at radius 1 is 1.13 bits per heavy atom. The van der Waals surface area contributed by atoms with Gasteiger partial charge in [-0.1, -0.05) is 23.8 Å². The summed E-state index contributed by atoms with van der Waals surface area (Å²) in [6.07, 6.45) is 0. The first-order valence-corrected chi connectivity index (χ1v) is 9.74. The van der Waals surface area contributed by atoms with Crippen molar-refractivity contribution in [3.05, 3.63) is 56.7 Å². The van der Waals surface area contributed by atoms with E-state index in [1.165, 1.54) is 0 Å². The molecule has 0 fully saturated rings. The Labute approximate surface area is 151 Å². The minimum absolute atomic E-state index is 0.235. The summed E-state index contributed by atoms with van der Waals surface area (Å²) in [5, 5.41) is 0. The molecule has 0 aliphatic rings. The third-order valence-corrected chi connectivity index (χ3v) is 6.04. The molecule has 2 rings (SSSR count). The van der Waals surface area contributed by atoms with E-state index in [9.17, 15) is 8.42 Å². The van der Waals surface area contributed by atoms with E-state index in [2.05, 4.69) is 33.4 Å². The Hall–Kier alpha value is -1.12. The van der Waals surface area contributed by atoms with E-state index in [0.717, 1.165) is 20.3 Å². The highest BCUT2D eigenvalue weighted by atomic mass is 127. The topological polar surface area (TPSA) is 55.4 Å². The number of hydrogen-bond donors (Lipinski definition) is 1. The molecule has 1 atom stereocenters. The molecule has 2 aromatic carbocycles. The number of nitrogens with one attached hydrogen (secondary N) is 1. The molecule has 4 nitrogen and oxygen atoms in total. The molecular formula is C17H20INO3S. The van der Waals surface area contributed by atoms with Gasteiger partial charge in [0, 0.05) is 6.04 Å². The highest BCUT2D eigenvalue weighted by Gasteiger charge is 2.20. The monoisotopic (exact) mass is 445 g/mol. The van der Waals surface area contributed by atoms with Crippen molar-refractivity contribution in [2.24, 2.45) is 0 Å². The minimum atomic E-state index is -3.59. The third kappa shape index (κ3) is 4.24. The number of hydrogen-bond acceptors (Lipinski definition) is 3. The second kappa shape index (κ2) is 7.19. The molecular weight excluding hydrogens is 425 g/mol. The quantitative estimate of drug-likeness (QED) is 0.710. The van der Waals surface area contributed by atoms with Crippen molar-refractivity contribution in [3.8, 4) is 5.75 Å². The summed E-state index contributed by atoms with van der Waals surface area (Å²) in [5.41, 5.74) is 3.21. The van der Waals surface area contributed by atoms with Gasteiger partial charge in [0.25, 0.3) is 0 Å². The van der Waals surface area contributed by atoms with Crippen molar-refractivity contribution in [3.63, 3.8) is 0 Å². The van der Waals surface area contributed by atoms with Gasteiger partial charge < -0.3 is 4.74 Å². The molecule has 0 aliphatic heterocycles. The summed E-state index contributed by atoms with van der Waals surface area (Å²) in [5.74, 6) is 0.659. The molecule has 0 aromatic heterocycles. The van der Waals surface area contributed by atoms with E-state index in [0.29, 0.717) is 5.75 Å². The number of halogens is 1. The van der Waals surface area contributed by atoms with E-state index < -0.39 is 10.0 Å². The van der Waals surface area contributed by atoms with Crippen molar-refractivity contribution in [1.29, 1.82) is 0 Å². The molecule has 0 saturated carbocycles. The van der Waals surface area contributed by atoms with Crippen molar-refractivity contribution in [1.82, 2.24) is 4.72 Å². The fourth-order valence-electron chi connectivity index (χ4n) is 2.49. The van der Waals surface area contributed by atoms with Gasteiger partial charge in [0.2, 0.25) is 10.0 Å². The third-order valence-electron chi connectivity index (χ3n) is 3.66. The minimum Gasteiger partial charge on any atom is -0.496 e. The maximum atomic E-state index is 12.6. The van der Waals surface area contributed by atoms with Crippen LogP contribution in [0.5, 0.6) is 5.75 Å². The van der Waals surface area contributed by atoms with Crippen molar-refractivity contribution in [2.45, 2.75) is 31.7 Å². The molecule has 0 saturated heterocycles. The number of ether oxygens (including phenoxy) is 1. The van der Waals surface area contributed by atoms with Gasteiger partial charge in [-0.15, -0.1) is 0 Å². The zero-order valence-electron chi connectivity index (χ0n) is 13.6. The van der Waals surface area contributed by atoms with Crippen molar-refractivity contribution < 1.29 is 13.2 Å². The first-order valence-electron chi connectivity index (χ1n) is 7.17. The average Bonchev–Trinajstić information content (AvgIpc) is 2.46. The lowest BCUT2D eigenvalue weighted by atomic mass is 10.0. The highest BCUT2D eigenvalue weighted by molar-refractivity contribution is 14.1. The van der Waals surface area contributed by atoms with E-state index >= 15 is 0 Å². The summed E-state index contributed by atoms with van der Waals surface area (Å²) < 4.78 is 33.8. The van der Waals surface area contributed by atoms with Crippen molar-refractivity contribution in [2.75, 3.05) is 7.11 Å². The predicted molar refractivity (Wildman–Crippen MR) is 100 cm³/mol. The van der Waals surface area contributed by atoms with Gasteiger partial charge in [-0.2, -0.15) is 0 Å². The Balaban J connectivity index is 2.28. The summed E-state index contributed by atoms with van der Waals surface area (Å²) >= 11 is 2.06. The fourth-order valence-corrected chi connectivity index (χ4v) is 4.69. The molecule has 0 bridgehead atoms. The highest BCUT2D eigenvalue weighted by Crippen LogP contribution is 2.25. The molecule has 0 radical (unpaired) electrons. The summed E-state index contributed by atoms with van der Waals surface area (Å²) in [6, 6.07) is 10.5. The molecule has 1 unspecified atom stereocenters. The lowest BCUT2D eigenvalue weighted by Gasteiger charge is -2.17. The first-order chi connectivity index (χ1) is 10.7.